The lowest BCUT2D eigenvalue weighted by molar-refractivity contribution is -0.122. The number of aromatic amines is 1. The molecule has 0 fully saturated rings. The molecule has 2 heterocycles. The lowest BCUT2D eigenvalue weighted by atomic mass is 10.00. The molecule has 0 atom stereocenters. The lowest BCUT2D eigenvalue weighted by Gasteiger charge is -2.28. The molecule has 0 saturated heterocycles. The summed E-state index contributed by atoms with van der Waals surface area (Å²) in [5.74, 6) is 0.450. The maximum Gasteiger partial charge on any atom is 0.254 e. The fourth-order valence-corrected chi connectivity index (χ4v) is 3.26. The predicted octanol–water partition coefficient (Wildman–Crippen LogP) is 1.73. The standard InChI is InChI=1S/C19H21N3O3/c1-3-16-15(19(25)21-12(2)20-16)8-9-18(24)22-11-14(23)10-13-6-4-5-7-17(13)22/h4-7H,3,8-11H2,1-2H3,(H,20,21,25). The Labute approximate surface area is 145 Å². The van der Waals surface area contributed by atoms with Gasteiger partial charge in [0.15, 0.2) is 5.78 Å². The number of aromatic nitrogens is 2. The third kappa shape index (κ3) is 3.52. The van der Waals surface area contributed by atoms with Gasteiger partial charge in [-0.2, -0.15) is 0 Å². The molecule has 1 aliphatic heterocycles. The first-order valence-electron chi connectivity index (χ1n) is 8.48. The summed E-state index contributed by atoms with van der Waals surface area (Å²) in [6, 6.07) is 7.46. The van der Waals surface area contributed by atoms with E-state index in [-0.39, 0.29) is 30.2 Å². The number of rotatable bonds is 4. The summed E-state index contributed by atoms with van der Waals surface area (Å²) in [4.78, 5) is 45.4. The van der Waals surface area contributed by atoms with Crippen molar-refractivity contribution < 1.29 is 9.59 Å². The van der Waals surface area contributed by atoms with Crippen molar-refractivity contribution in [3.05, 3.63) is 57.3 Å². The second-order valence-electron chi connectivity index (χ2n) is 6.25. The molecule has 0 saturated carbocycles. The summed E-state index contributed by atoms with van der Waals surface area (Å²) in [5.41, 5.74) is 2.75. The van der Waals surface area contributed by atoms with Crippen molar-refractivity contribution in [3.8, 4) is 0 Å². The van der Waals surface area contributed by atoms with Gasteiger partial charge in [0.05, 0.1) is 12.2 Å². The number of hydrogen-bond donors (Lipinski definition) is 1. The molecule has 0 spiro atoms. The molecule has 2 aromatic rings. The number of anilines is 1. The number of aryl methyl sites for hydroxylation is 2. The molecule has 1 aliphatic rings. The third-order valence-corrected chi connectivity index (χ3v) is 4.45. The van der Waals surface area contributed by atoms with E-state index in [0.717, 1.165) is 16.9 Å². The molecule has 0 radical (unpaired) electrons. The first kappa shape index (κ1) is 17.1. The number of amides is 1. The zero-order chi connectivity index (χ0) is 18.0. The van der Waals surface area contributed by atoms with Gasteiger partial charge in [0.2, 0.25) is 5.91 Å². The number of carbonyl (C=O) groups is 2. The van der Waals surface area contributed by atoms with E-state index in [1.165, 1.54) is 4.90 Å². The van der Waals surface area contributed by atoms with Crippen LogP contribution in [0.3, 0.4) is 0 Å². The Morgan fingerprint density at radius 2 is 2.04 bits per heavy atom. The van der Waals surface area contributed by atoms with Crippen molar-refractivity contribution in [2.45, 2.75) is 39.5 Å². The highest BCUT2D eigenvalue weighted by Gasteiger charge is 2.26. The van der Waals surface area contributed by atoms with Crippen LogP contribution in [-0.2, 0) is 28.9 Å². The van der Waals surface area contributed by atoms with Crippen molar-refractivity contribution >= 4 is 17.4 Å². The number of ketones is 1. The van der Waals surface area contributed by atoms with Gasteiger partial charge in [-0.15, -0.1) is 0 Å². The van der Waals surface area contributed by atoms with E-state index < -0.39 is 0 Å². The lowest BCUT2D eigenvalue weighted by Crippen LogP contribution is -2.40. The molecule has 130 valence electrons. The summed E-state index contributed by atoms with van der Waals surface area (Å²) in [5, 5.41) is 0. The summed E-state index contributed by atoms with van der Waals surface area (Å²) in [7, 11) is 0. The first-order valence-corrected chi connectivity index (χ1v) is 8.48. The van der Waals surface area contributed by atoms with Crippen molar-refractivity contribution in [1.29, 1.82) is 0 Å². The largest absolute Gasteiger partial charge is 0.311 e. The average molecular weight is 339 g/mol. The highest BCUT2D eigenvalue weighted by Crippen LogP contribution is 2.26. The number of hydrogen-bond acceptors (Lipinski definition) is 4. The Morgan fingerprint density at radius 3 is 2.80 bits per heavy atom. The van der Waals surface area contributed by atoms with E-state index in [0.29, 0.717) is 30.7 Å². The topological polar surface area (TPSA) is 83.1 Å². The molecule has 0 bridgehead atoms. The number of para-hydroxylation sites is 1. The van der Waals surface area contributed by atoms with E-state index in [2.05, 4.69) is 9.97 Å². The van der Waals surface area contributed by atoms with E-state index in [1.54, 1.807) is 6.92 Å². The fourth-order valence-electron chi connectivity index (χ4n) is 3.26. The van der Waals surface area contributed by atoms with Gasteiger partial charge in [-0.25, -0.2) is 4.98 Å². The summed E-state index contributed by atoms with van der Waals surface area (Å²) in [6.45, 7) is 3.77. The summed E-state index contributed by atoms with van der Waals surface area (Å²) in [6.07, 6.45) is 1.49. The number of H-pyrrole nitrogens is 1. The van der Waals surface area contributed by atoms with Gasteiger partial charge in [-0.05, 0) is 31.4 Å². The highest BCUT2D eigenvalue weighted by atomic mass is 16.2. The minimum absolute atomic E-state index is 0.0242. The number of carbonyl (C=O) groups excluding carboxylic acids is 2. The quantitative estimate of drug-likeness (QED) is 0.919. The van der Waals surface area contributed by atoms with Gasteiger partial charge in [0.25, 0.3) is 5.56 Å². The number of nitrogens with zero attached hydrogens (tertiary/aromatic N) is 2. The molecule has 25 heavy (non-hydrogen) atoms. The molecule has 1 aromatic heterocycles. The number of benzene rings is 1. The van der Waals surface area contributed by atoms with Crippen LogP contribution < -0.4 is 10.5 Å². The molecule has 3 rings (SSSR count). The van der Waals surface area contributed by atoms with Gasteiger partial charge < -0.3 is 9.88 Å². The molecule has 6 heteroatoms. The minimum Gasteiger partial charge on any atom is -0.311 e. The molecule has 6 nitrogen and oxygen atoms in total. The summed E-state index contributed by atoms with van der Waals surface area (Å²) >= 11 is 0. The van der Waals surface area contributed by atoms with Crippen LogP contribution in [0.5, 0.6) is 0 Å². The molecular formula is C19H21N3O3. The molecule has 1 N–H and O–H groups in total. The molecule has 0 unspecified atom stereocenters. The van der Waals surface area contributed by atoms with Gasteiger partial charge in [0.1, 0.15) is 5.82 Å². The van der Waals surface area contributed by atoms with E-state index in [4.69, 9.17) is 0 Å². The summed E-state index contributed by atoms with van der Waals surface area (Å²) < 4.78 is 0. The fraction of sp³-hybridized carbons (Fsp3) is 0.368. The van der Waals surface area contributed by atoms with Crippen LogP contribution in [0.1, 0.15) is 36.0 Å². The van der Waals surface area contributed by atoms with Crippen molar-refractivity contribution in [2.24, 2.45) is 0 Å². The van der Waals surface area contributed by atoms with Crippen LogP contribution in [0.25, 0.3) is 0 Å². The van der Waals surface area contributed by atoms with Crippen LogP contribution in [0.15, 0.2) is 29.1 Å². The second kappa shape index (κ2) is 7.01. The molecule has 1 aromatic carbocycles. The van der Waals surface area contributed by atoms with Crippen molar-refractivity contribution in [2.75, 3.05) is 11.4 Å². The van der Waals surface area contributed by atoms with E-state index in [1.807, 2.05) is 31.2 Å². The van der Waals surface area contributed by atoms with Gasteiger partial charge in [0, 0.05) is 24.1 Å². The maximum absolute atomic E-state index is 12.7. The number of Topliss-reactive ketones (excluding diaryl/α,β-unsaturated/α-hetero) is 1. The number of nitrogens with one attached hydrogen (secondary N) is 1. The molecular weight excluding hydrogens is 318 g/mol. The number of fused-ring (bicyclic) bond motifs is 1. The minimum atomic E-state index is -0.188. The van der Waals surface area contributed by atoms with Crippen LogP contribution >= 0.6 is 0 Å². The first-order chi connectivity index (χ1) is 12.0. The highest BCUT2D eigenvalue weighted by molar-refractivity contribution is 6.03. The smallest absolute Gasteiger partial charge is 0.254 e. The van der Waals surface area contributed by atoms with Gasteiger partial charge in [-0.3, -0.25) is 14.4 Å². The maximum atomic E-state index is 12.7. The predicted molar refractivity (Wildman–Crippen MR) is 94.8 cm³/mol. The van der Waals surface area contributed by atoms with Crippen LogP contribution in [0, 0.1) is 6.92 Å². The Balaban J connectivity index is 1.80. The average Bonchev–Trinajstić information content (AvgIpc) is 2.59. The van der Waals surface area contributed by atoms with Crippen LogP contribution in [-0.4, -0.2) is 28.2 Å². The second-order valence-corrected chi connectivity index (χ2v) is 6.25. The van der Waals surface area contributed by atoms with Crippen molar-refractivity contribution in [1.82, 2.24) is 9.97 Å². The molecule has 0 aliphatic carbocycles. The Hall–Kier alpha value is -2.76. The Morgan fingerprint density at radius 1 is 1.28 bits per heavy atom. The SMILES string of the molecule is CCc1nc(C)[nH]c(=O)c1CCC(=O)N1CC(=O)Cc2ccccc21. The van der Waals surface area contributed by atoms with E-state index >= 15 is 0 Å². The van der Waals surface area contributed by atoms with Crippen LogP contribution in [0.4, 0.5) is 5.69 Å². The van der Waals surface area contributed by atoms with E-state index in [9.17, 15) is 14.4 Å². The Bertz CT molecular complexity index is 886. The van der Waals surface area contributed by atoms with Gasteiger partial charge >= 0.3 is 0 Å². The molecule has 1 amide bonds. The van der Waals surface area contributed by atoms with Crippen LogP contribution in [0.2, 0.25) is 0 Å². The zero-order valence-corrected chi connectivity index (χ0v) is 14.5. The van der Waals surface area contributed by atoms with Crippen molar-refractivity contribution in [3.63, 3.8) is 0 Å². The van der Waals surface area contributed by atoms with Gasteiger partial charge in [-0.1, -0.05) is 25.1 Å². The Kier molecular flexibility index (Phi) is 4.79. The zero-order valence-electron chi connectivity index (χ0n) is 14.5. The monoisotopic (exact) mass is 339 g/mol. The third-order valence-electron chi connectivity index (χ3n) is 4.45. The normalized spacial score (nSPS) is 13.7.